The van der Waals surface area contributed by atoms with Gasteiger partial charge in [0.05, 0.1) is 16.1 Å². The molecule has 0 radical (unpaired) electrons. The van der Waals surface area contributed by atoms with E-state index in [1.165, 1.54) is 0 Å². The number of carbonyl (C=O) groups excluding carboxylic acids is 1. The summed E-state index contributed by atoms with van der Waals surface area (Å²) in [6, 6.07) is 10.4. The SMILES string of the molecule is Cc1c(N)cccc1C(=O)NC(C)c1ccc(Cl)c(Cl)c1. The monoisotopic (exact) mass is 322 g/mol. The quantitative estimate of drug-likeness (QED) is 0.824. The summed E-state index contributed by atoms with van der Waals surface area (Å²) >= 11 is 11.9. The summed E-state index contributed by atoms with van der Waals surface area (Å²) in [4.78, 5) is 12.3. The van der Waals surface area contributed by atoms with Gasteiger partial charge in [-0.25, -0.2) is 0 Å². The van der Waals surface area contributed by atoms with Gasteiger partial charge in [0.25, 0.3) is 5.91 Å². The highest BCUT2D eigenvalue weighted by Crippen LogP contribution is 2.26. The molecular formula is C16H16Cl2N2O. The third kappa shape index (κ3) is 3.49. The van der Waals surface area contributed by atoms with Gasteiger partial charge in [0, 0.05) is 11.3 Å². The highest BCUT2D eigenvalue weighted by atomic mass is 35.5. The minimum atomic E-state index is -0.187. The molecule has 1 amide bonds. The van der Waals surface area contributed by atoms with Crippen LogP contribution in [0.3, 0.4) is 0 Å². The van der Waals surface area contributed by atoms with E-state index in [9.17, 15) is 4.79 Å². The normalized spacial score (nSPS) is 12.0. The Hall–Kier alpha value is -1.71. The maximum Gasteiger partial charge on any atom is 0.252 e. The number of rotatable bonds is 3. The number of carbonyl (C=O) groups is 1. The molecule has 2 aromatic carbocycles. The van der Waals surface area contributed by atoms with Gasteiger partial charge in [-0.3, -0.25) is 4.79 Å². The van der Waals surface area contributed by atoms with Gasteiger partial charge in [-0.2, -0.15) is 0 Å². The van der Waals surface area contributed by atoms with Gasteiger partial charge in [-0.05, 0) is 49.2 Å². The Morgan fingerprint density at radius 3 is 2.57 bits per heavy atom. The zero-order valence-electron chi connectivity index (χ0n) is 11.8. The van der Waals surface area contributed by atoms with Crippen molar-refractivity contribution in [3.8, 4) is 0 Å². The van der Waals surface area contributed by atoms with Crippen LogP contribution >= 0.6 is 23.2 Å². The molecule has 0 heterocycles. The van der Waals surface area contributed by atoms with Crippen LogP contribution in [0.25, 0.3) is 0 Å². The van der Waals surface area contributed by atoms with Crippen molar-refractivity contribution in [1.29, 1.82) is 0 Å². The number of anilines is 1. The van der Waals surface area contributed by atoms with Crippen molar-refractivity contribution < 1.29 is 4.79 Å². The van der Waals surface area contributed by atoms with E-state index in [4.69, 9.17) is 28.9 Å². The van der Waals surface area contributed by atoms with Gasteiger partial charge >= 0.3 is 0 Å². The molecular weight excluding hydrogens is 307 g/mol. The number of hydrogen-bond donors (Lipinski definition) is 2. The highest BCUT2D eigenvalue weighted by molar-refractivity contribution is 6.42. The number of amides is 1. The van der Waals surface area contributed by atoms with Crippen molar-refractivity contribution in [2.75, 3.05) is 5.73 Å². The van der Waals surface area contributed by atoms with Crippen molar-refractivity contribution in [3.05, 3.63) is 63.1 Å². The largest absolute Gasteiger partial charge is 0.398 e. The maximum absolute atomic E-state index is 12.3. The van der Waals surface area contributed by atoms with Crippen LogP contribution in [-0.4, -0.2) is 5.91 Å². The second kappa shape index (κ2) is 6.37. The van der Waals surface area contributed by atoms with Gasteiger partial charge in [-0.15, -0.1) is 0 Å². The van der Waals surface area contributed by atoms with Gasteiger partial charge in [0.1, 0.15) is 0 Å². The zero-order chi connectivity index (χ0) is 15.6. The Morgan fingerprint density at radius 2 is 1.90 bits per heavy atom. The Kier molecular flexibility index (Phi) is 4.76. The lowest BCUT2D eigenvalue weighted by Gasteiger charge is -2.16. The van der Waals surface area contributed by atoms with Crippen LogP contribution in [0.1, 0.15) is 34.5 Å². The summed E-state index contributed by atoms with van der Waals surface area (Å²) in [5.74, 6) is -0.168. The Morgan fingerprint density at radius 1 is 1.19 bits per heavy atom. The lowest BCUT2D eigenvalue weighted by molar-refractivity contribution is 0.0939. The van der Waals surface area contributed by atoms with Crippen molar-refractivity contribution in [2.24, 2.45) is 0 Å². The van der Waals surface area contributed by atoms with Gasteiger partial charge in [0.2, 0.25) is 0 Å². The molecule has 110 valence electrons. The fourth-order valence-electron chi connectivity index (χ4n) is 2.04. The van der Waals surface area contributed by atoms with Crippen LogP contribution in [0.4, 0.5) is 5.69 Å². The number of nitrogen functional groups attached to an aromatic ring is 1. The summed E-state index contributed by atoms with van der Waals surface area (Å²) in [7, 11) is 0. The minimum absolute atomic E-state index is 0.168. The third-order valence-electron chi connectivity index (χ3n) is 3.41. The second-order valence-corrected chi connectivity index (χ2v) is 5.70. The molecule has 0 saturated carbocycles. The van der Waals surface area contributed by atoms with Crippen LogP contribution < -0.4 is 11.1 Å². The summed E-state index contributed by atoms with van der Waals surface area (Å²) in [5, 5.41) is 3.89. The molecule has 0 aliphatic rings. The van der Waals surface area contributed by atoms with Crippen molar-refractivity contribution in [1.82, 2.24) is 5.32 Å². The molecule has 3 nitrogen and oxygen atoms in total. The fourth-order valence-corrected chi connectivity index (χ4v) is 2.35. The van der Waals surface area contributed by atoms with E-state index in [1.54, 1.807) is 30.3 Å². The van der Waals surface area contributed by atoms with E-state index in [2.05, 4.69) is 5.32 Å². The Balaban J connectivity index is 2.18. The fraction of sp³-hybridized carbons (Fsp3) is 0.188. The zero-order valence-corrected chi connectivity index (χ0v) is 13.3. The van der Waals surface area contributed by atoms with E-state index in [0.29, 0.717) is 21.3 Å². The minimum Gasteiger partial charge on any atom is -0.398 e. The smallest absolute Gasteiger partial charge is 0.252 e. The summed E-state index contributed by atoms with van der Waals surface area (Å²) in [6.45, 7) is 3.72. The molecule has 1 atom stereocenters. The molecule has 0 aliphatic heterocycles. The first-order valence-electron chi connectivity index (χ1n) is 6.51. The van der Waals surface area contributed by atoms with E-state index >= 15 is 0 Å². The second-order valence-electron chi connectivity index (χ2n) is 4.89. The van der Waals surface area contributed by atoms with Crippen molar-refractivity contribution in [3.63, 3.8) is 0 Å². The predicted octanol–water partition coefficient (Wildman–Crippen LogP) is 4.38. The van der Waals surface area contributed by atoms with E-state index in [-0.39, 0.29) is 11.9 Å². The molecule has 0 spiro atoms. The molecule has 1 unspecified atom stereocenters. The Bertz CT molecular complexity index is 686. The van der Waals surface area contributed by atoms with E-state index in [1.807, 2.05) is 19.9 Å². The molecule has 2 aromatic rings. The number of hydrogen-bond acceptors (Lipinski definition) is 2. The summed E-state index contributed by atoms with van der Waals surface area (Å²) in [6.07, 6.45) is 0. The molecule has 2 rings (SSSR count). The number of benzene rings is 2. The number of nitrogens with one attached hydrogen (secondary N) is 1. The van der Waals surface area contributed by atoms with Gasteiger partial charge < -0.3 is 11.1 Å². The molecule has 3 N–H and O–H groups in total. The lowest BCUT2D eigenvalue weighted by Crippen LogP contribution is -2.27. The topological polar surface area (TPSA) is 55.1 Å². The molecule has 0 bridgehead atoms. The van der Waals surface area contributed by atoms with Crippen LogP contribution in [0.2, 0.25) is 10.0 Å². The first-order chi connectivity index (χ1) is 9.90. The average Bonchev–Trinajstić information content (AvgIpc) is 2.44. The van der Waals surface area contributed by atoms with Crippen LogP contribution in [0.5, 0.6) is 0 Å². The van der Waals surface area contributed by atoms with E-state index in [0.717, 1.165) is 11.1 Å². The first kappa shape index (κ1) is 15.7. The molecule has 5 heteroatoms. The molecule has 0 aliphatic carbocycles. The van der Waals surface area contributed by atoms with E-state index < -0.39 is 0 Å². The standard InChI is InChI=1S/C16H16Cl2N2O/c1-9-12(4-3-5-15(9)19)16(21)20-10(2)11-6-7-13(17)14(18)8-11/h3-8,10H,19H2,1-2H3,(H,20,21). The molecule has 21 heavy (non-hydrogen) atoms. The van der Waals surface area contributed by atoms with Crippen LogP contribution in [-0.2, 0) is 0 Å². The van der Waals surface area contributed by atoms with Crippen LogP contribution in [0, 0.1) is 6.92 Å². The van der Waals surface area contributed by atoms with Gasteiger partial charge in [-0.1, -0.05) is 35.3 Å². The number of nitrogens with two attached hydrogens (primary N) is 1. The lowest BCUT2D eigenvalue weighted by atomic mass is 10.0. The van der Waals surface area contributed by atoms with Crippen molar-refractivity contribution >= 4 is 34.8 Å². The number of halogens is 2. The molecule has 0 fully saturated rings. The van der Waals surface area contributed by atoms with Crippen LogP contribution in [0.15, 0.2) is 36.4 Å². The summed E-state index contributed by atoms with van der Waals surface area (Å²) in [5.41, 5.74) is 8.66. The predicted molar refractivity (Wildman–Crippen MR) is 87.9 cm³/mol. The third-order valence-corrected chi connectivity index (χ3v) is 4.15. The molecule has 0 saturated heterocycles. The summed E-state index contributed by atoms with van der Waals surface area (Å²) < 4.78 is 0. The average molecular weight is 323 g/mol. The van der Waals surface area contributed by atoms with Crippen molar-refractivity contribution in [2.45, 2.75) is 19.9 Å². The highest BCUT2D eigenvalue weighted by Gasteiger charge is 2.15. The molecule has 0 aromatic heterocycles. The Labute approximate surface area is 134 Å². The maximum atomic E-state index is 12.3. The first-order valence-corrected chi connectivity index (χ1v) is 7.26. The van der Waals surface area contributed by atoms with Gasteiger partial charge in [0.15, 0.2) is 0 Å².